The van der Waals surface area contributed by atoms with E-state index in [9.17, 15) is 22.8 Å². The van der Waals surface area contributed by atoms with Gasteiger partial charge < -0.3 is 24.8 Å². The number of carbonyl (C=O) groups is 2. The molecular formula is C30H30ClF3N2O5. The Bertz CT molecular complexity index is 1460. The standard InChI is InChI=1S/C30H30ClF3N2O5/c1-17-12-20(31)6-7-24(17)28(35-21-13-22(40-3)15-23(14-21)41-10-4-5-27(37)38)29(39)36-9-8-19-11-18(2)25(16-26(19)36)30(32,33)34/h6-7,11-16,28,35H,4-5,8-10H2,1-3H3,(H,37,38). The molecule has 1 amide bonds. The van der Waals surface area contributed by atoms with E-state index in [1.807, 2.05) is 0 Å². The van der Waals surface area contributed by atoms with Gasteiger partial charge >= 0.3 is 12.1 Å². The van der Waals surface area contributed by atoms with Crippen molar-refractivity contribution in [2.24, 2.45) is 0 Å². The maximum Gasteiger partial charge on any atom is 0.416 e. The summed E-state index contributed by atoms with van der Waals surface area (Å²) >= 11 is 6.18. The van der Waals surface area contributed by atoms with Crippen LogP contribution in [0.3, 0.4) is 0 Å². The Kier molecular flexibility index (Phi) is 9.01. The number of amides is 1. The van der Waals surface area contributed by atoms with Crippen molar-refractivity contribution >= 4 is 34.9 Å². The minimum atomic E-state index is -4.55. The lowest BCUT2D eigenvalue weighted by atomic mass is 9.99. The van der Waals surface area contributed by atoms with Crippen LogP contribution in [0.2, 0.25) is 5.02 Å². The summed E-state index contributed by atoms with van der Waals surface area (Å²) < 4.78 is 52.3. The molecule has 0 fully saturated rings. The Labute approximate surface area is 240 Å². The fourth-order valence-electron chi connectivity index (χ4n) is 4.92. The highest BCUT2D eigenvalue weighted by atomic mass is 35.5. The molecule has 11 heteroatoms. The van der Waals surface area contributed by atoms with Gasteiger partial charge in [-0.05, 0) is 67.1 Å². The third kappa shape index (κ3) is 7.05. The molecule has 0 aliphatic carbocycles. The van der Waals surface area contributed by atoms with E-state index in [1.54, 1.807) is 43.3 Å². The summed E-state index contributed by atoms with van der Waals surface area (Å²) in [5.74, 6) is -0.535. The van der Waals surface area contributed by atoms with Gasteiger partial charge in [-0.25, -0.2) is 0 Å². The molecule has 1 unspecified atom stereocenters. The fraction of sp³-hybridized carbons (Fsp3) is 0.333. The number of nitrogens with zero attached hydrogens (tertiary/aromatic N) is 1. The largest absolute Gasteiger partial charge is 0.497 e. The zero-order chi connectivity index (χ0) is 29.9. The highest BCUT2D eigenvalue weighted by Gasteiger charge is 2.37. The zero-order valence-corrected chi connectivity index (χ0v) is 23.5. The second-order valence-corrected chi connectivity index (χ2v) is 10.3. The molecule has 0 spiro atoms. The van der Waals surface area contributed by atoms with Gasteiger partial charge in [0.15, 0.2) is 0 Å². The van der Waals surface area contributed by atoms with Gasteiger partial charge in [0.1, 0.15) is 17.5 Å². The van der Waals surface area contributed by atoms with E-state index in [4.69, 9.17) is 26.2 Å². The molecule has 0 radical (unpaired) electrons. The first-order chi connectivity index (χ1) is 19.4. The van der Waals surface area contributed by atoms with Gasteiger partial charge in [0.25, 0.3) is 5.91 Å². The van der Waals surface area contributed by atoms with Gasteiger partial charge in [-0.3, -0.25) is 9.59 Å². The Morgan fingerprint density at radius 2 is 1.80 bits per heavy atom. The third-order valence-corrected chi connectivity index (χ3v) is 7.15. The fourth-order valence-corrected chi connectivity index (χ4v) is 5.15. The van der Waals surface area contributed by atoms with Crippen LogP contribution in [0.5, 0.6) is 11.5 Å². The summed E-state index contributed by atoms with van der Waals surface area (Å²) in [6, 6.07) is 11.6. The van der Waals surface area contributed by atoms with E-state index >= 15 is 0 Å². The molecule has 1 aliphatic heterocycles. The van der Waals surface area contributed by atoms with Crippen molar-refractivity contribution in [2.75, 3.05) is 30.5 Å². The van der Waals surface area contributed by atoms with Crippen LogP contribution in [-0.4, -0.2) is 37.2 Å². The maximum atomic E-state index is 14.1. The van der Waals surface area contributed by atoms with Crippen molar-refractivity contribution in [3.05, 3.63) is 81.4 Å². The summed E-state index contributed by atoms with van der Waals surface area (Å²) in [5, 5.41) is 12.6. The number of carboxylic acids is 1. The Morgan fingerprint density at radius 3 is 2.46 bits per heavy atom. The molecule has 0 aromatic heterocycles. The van der Waals surface area contributed by atoms with Gasteiger partial charge in [0.05, 0.1) is 19.3 Å². The SMILES string of the molecule is COc1cc(NC(C(=O)N2CCc3cc(C)c(C(F)(F)F)cc32)c2ccc(Cl)cc2C)cc(OCCCC(=O)O)c1. The molecule has 41 heavy (non-hydrogen) atoms. The highest BCUT2D eigenvalue weighted by molar-refractivity contribution is 6.30. The zero-order valence-electron chi connectivity index (χ0n) is 22.8. The number of benzene rings is 3. The van der Waals surface area contributed by atoms with Crippen LogP contribution in [-0.2, 0) is 22.2 Å². The van der Waals surface area contributed by atoms with Crippen LogP contribution in [0, 0.1) is 13.8 Å². The Morgan fingerprint density at radius 1 is 1.07 bits per heavy atom. The molecule has 1 aliphatic rings. The van der Waals surface area contributed by atoms with Crippen LogP contribution < -0.4 is 19.7 Å². The molecule has 218 valence electrons. The summed E-state index contributed by atoms with van der Waals surface area (Å²) in [6.45, 7) is 3.60. The van der Waals surface area contributed by atoms with E-state index in [0.717, 1.165) is 11.6 Å². The molecule has 3 aromatic rings. The molecule has 7 nitrogen and oxygen atoms in total. The summed E-state index contributed by atoms with van der Waals surface area (Å²) in [7, 11) is 1.47. The number of halogens is 4. The van der Waals surface area contributed by atoms with Crippen LogP contribution in [0.25, 0.3) is 0 Å². The Balaban J connectivity index is 1.71. The number of carboxylic acid groups (broad SMARTS) is 1. The lowest BCUT2D eigenvalue weighted by Crippen LogP contribution is -2.37. The lowest BCUT2D eigenvalue weighted by Gasteiger charge is -2.28. The first kappa shape index (κ1) is 30.0. The number of alkyl halides is 3. The van der Waals surface area contributed by atoms with Crippen molar-refractivity contribution in [3.8, 4) is 11.5 Å². The third-order valence-electron chi connectivity index (χ3n) is 6.91. The molecule has 0 saturated carbocycles. The average Bonchev–Trinajstić information content (AvgIpc) is 3.31. The molecule has 1 atom stereocenters. The number of fused-ring (bicyclic) bond motifs is 1. The number of anilines is 2. The van der Waals surface area contributed by atoms with Crippen LogP contribution in [0.1, 0.15) is 46.7 Å². The van der Waals surface area contributed by atoms with Crippen molar-refractivity contribution < 1.29 is 37.3 Å². The topological polar surface area (TPSA) is 88.1 Å². The molecule has 3 aromatic carbocycles. The number of hydrogen-bond donors (Lipinski definition) is 2. The molecule has 1 heterocycles. The van der Waals surface area contributed by atoms with Crippen molar-refractivity contribution in [1.82, 2.24) is 0 Å². The minimum absolute atomic E-state index is 0.0472. The van der Waals surface area contributed by atoms with Crippen LogP contribution in [0.4, 0.5) is 24.5 Å². The number of aliphatic carboxylic acids is 1. The predicted octanol–water partition coefficient (Wildman–Crippen LogP) is 6.97. The monoisotopic (exact) mass is 590 g/mol. The quantitative estimate of drug-likeness (QED) is 0.248. The van der Waals surface area contributed by atoms with E-state index < -0.39 is 29.7 Å². The van der Waals surface area contributed by atoms with Crippen LogP contribution >= 0.6 is 11.6 Å². The normalized spacial score (nSPS) is 13.5. The van der Waals surface area contributed by atoms with Crippen molar-refractivity contribution in [1.29, 1.82) is 0 Å². The molecule has 4 rings (SSSR count). The molecule has 2 N–H and O–H groups in total. The molecule has 0 saturated heterocycles. The van der Waals surface area contributed by atoms with E-state index in [1.165, 1.54) is 25.0 Å². The number of aryl methyl sites for hydroxylation is 2. The van der Waals surface area contributed by atoms with E-state index in [-0.39, 0.29) is 30.8 Å². The number of rotatable bonds is 10. The minimum Gasteiger partial charge on any atom is -0.497 e. The predicted molar refractivity (Wildman–Crippen MR) is 150 cm³/mol. The smallest absolute Gasteiger partial charge is 0.416 e. The van der Waals surface area contributed by atoms with Crippen LogP contribution in [0.15, 0.2) is 48.5 Å². The number of methoxy groups -OCH3 is 1. The van der Waals surface area contributed by atoms with Gasteiger partial charge in [-0.2, -0.15) is 13.2 Å². The number of carbonyl (C=O) groups excluding carboxylic acids is 1. The number of hydrogen-bond acceptors (Lipinski definition) is 5. The van der Waals surface area contributed by atoms with Gasteiger partial charge in [-0.1, -0.05) is 23.7 Å². The summed E-state index contributed by atoms with van der Waals surface area (Å²) in [4.78, 5) is 26.3. The number of ether oxygens (including phenoxy) is 2. The first-order valence-corrected chi connectivity index (χ1v) is 13.3. The van der Waals surface area contributed by atoms with E-state index in [2.05, 4.69) is 5.32 Å². The Hall–Kier alpha value is -3.92. The maximum absolute atomic E-state index is 14.1. The second-order valence-electron chi connectivity index (χ2n) is 9.85. The molecular weight excluding hydrogens is 561 g/mol. The van der Waals surface area contributed by atoms with Gasteiger partial charge in [0.2, 0.25) is 0 Å². The average molecular weight is 591 g/mol. The second kappa shape index (κ2) is 12.3. The first-order valence-electron chi connectivity index (χ1n) is 13.0. The van der Waals surface area contributed by atoms with Gasteiger partial charge in [-0.15, -0.1) is 0 Å². The summed E-state index contributed by atoms with van der Waals surface area (Å²) in [5.41, 5.74) is 2.03. The number of nitrogens with one attached hydrogen (secondary N) is 1. The summed E-state index contributed by atoms with van der Waals surface area (Å²) in [6.07, 6.45) is -3.87. The van der Waals surface area contributed by atoms with Crippen molar-refractivity contribution in [3.63, 3.8) is 0 Å². The van der Waals surface area contributed by atoms with Crippen molar-refractivity contribution in [2.45, 2.75) is 45.3 Å². The highest BCUT2D eigenvalue weighted by Crippen LogP contribution is 2.40. The lowest BCUT2D eigenvalue weighted by molar-refractivity contribution is -0.138. The van der Waals surface area contributed by atoms with Gasteiger partial charge in [0, 0.05) is 47.6 Å². The molecule has 0 bridgehead atoms. The van der Waals surface area contributed by atoms with E-state index in [0.29, 0.717) is 46.2 Å².